The number of ether oxygens (including phenoxy) is 2. The zero-order valence-electron chi connectivity index (χ0n) is 14.6. The zero-order chi connectivity index (χ0) is 18.5. The molecule has 6 heteroatoms. The maximum absolute atomic E-state index is 12.3. The number of hydrogen-bond donors (Lipinski definition) is 0. The van der Waals surface area contributed by atoms with Crippen LogP contribution in [0.2, 0.25) is 0 Å². The van der Waals surface area contributed by atoms with Crippen LogP contribution in [0.25, 0.3) is 6.08 Å². The van der Waals surface area contributed by atoms with Crippen molar-refractivity contribution < 1.29 is 14.3 Å². The number of hydrogen-bond acceptors (Lipinski definition) is 5. The molecule has 1 saturated heterocycles. The highest BCUT2D eigenvalue weighted by atomic mass is 32.2. The molecular weight excluding hydrogens is 366 g/mol. The largest absolute Gasteiger partial charge is 0.493 e. The summed E-state index contributed by atoms with van der Waals surface area (Å²) >= 11 is 6.57. The van der Waals surface area contributed by atoms with Crippen molar-refractivity contribution in [1.82, 2.24) is 4.90 Å². The fourth-order valence-electron chi connectivity index (χ4n) is 2.55. The zero-order valence-corrected chi connectivity index (χ0v) is 16.2. The van der Waals surface area contributed by atoms with Gasteiger partial charge in [0.25, 0.3) is 5.91 Å². The molecule has 0 atom stereocenters. The summed E-state index contributed by atoms with van der Waals surface area (Å²) in [5.74, 6) is 1.24. The molecule has 1 aliphatic rings. The number of thiocarbonyl (C=S) groups is 1. The molecule has 1 heterocycles. The minimum atomic E-state index is -0.0501. The van der Waals surface area contributed by atoms with Crippen molar-refractivity contribution >= 4 is 40.3 Å². The summed E-state index contributed by atoms with van der Waals surface area (Å²) in [5.41, 5.74) is 1.95. The molecule has 0 bridgehead atoms. The Labute approximate surface area is 162 Å². The van der Waals surface area contributed by atoms with Crippen molar-refractivity contribution in [2.45, 2.75) is 13.5 Å². The van der Waals surface area contributed by atoms with Crippen molar-refractivity contribution in [3.63, 3.8) is 0 Å². The molecule has 2 aromatic carbocycles. The topological polar surface area (TPSA) is 38.8 Å². The van der Waals surface area contributed by atoms with E-state index in [1.165, 1.54) is 11.8 Å². The van der Waals surface area contributed by atoms with Gasteiger partial charge in [-0.3, -0.25) is 9.69 Å². The van der Waals surface area contributed by atoms with E-state index in [1.807, 2.05) is 61.5 Å². The van der Waals surface area contributed by atoms with Crippen molar-refractivity contribution in [2.24, 2.45) is 0 Å². The van der Waals surface area contributed by atoms with E-state index in [2.05, 4.69) is 0 Å². The fraction of sp³-hybridized carbons (Fsp3) is 0.200. The molecule has 1 fully saturated rings. The minimum absolute atomic E-state index is 0.0501. The quantitative estimate of drug-likeness (QED) is 0.541. The lowest BCUT2D eigenvalue weighted by atomic mass is 10.1. The Morgan fingerprint density at radius 2 is 1.92 bits per heavy atom. The minimum Gasteiger partial charge on any atom is -0.493 e. The maximum Gasteiger partial charge on any atom is 0.266 e. The van der Waals surface area contributed by atoms with Gasteiger partial charge in [0.15, 0.2) is 11.5 Å². The normalized spacial score (nSPS) is 15.6. The van der Waals surface area contributed by atoms with Gasteiger partial charge >= 0.3 is 0 Å². The summed E-state index contributed by atoms with van der Waals surface area (Å²) in [5, 5.41) is 0. The van der Waals surface area contributed by atoms with Crippen molar-refractivity contribution in [3.8, 4) is 11.5 Å². The third-order valence-corrected chi connectivity index (χ3v) is 5.29. The van der Waals surface area contributed by atoms with E-state index in [-0.39, 0.29) is 5.91 Å². The second-order valence-corrected chi connectivity index (χ2v) is 7.29. The monoisotopic (exact) mass is 385 g/mol. The van der Waals surface area contributed by atoms with Crippen molar-refractivity contribution in [2.75, 3.05) is 13.7 Å². The predicted octanol–water partition coefficient (Wildman–Crippen LogP) is 4.50. The number of likely N-dealkylation sites (N-methyl/N-ethyl adjacent to an activating group) is 1. The maximum atomic E-state index is 12.3. The molecule has 0 spiro atoms. The van der Waals surface area contributed by atoms with Crippen LogP contribution in [-0.4, -0.2) is 28.8 Å². The average Bonchev–Trinajstić information content (AvgIpc) is 2.94. The number of benzene rings is 2. The Kier molecular flexibility index (Phi) is 5.96. The number of thioether (sulfide) groups is 1. The van der Waals surface area contributed by atoms with Gasteiger partial charge in [-0.2, -0.15) is 0 Å². The average molecular weight is 386 g/mol. The Hall–Kier alpha value is -2.31. The van der Waals surface area contributed by atoms with Crippen LogP contribution in [0.15, 0.2) is 53.4 Å². The lowest BCUT2D eigenvalue weighted by Gasteiger charge is -2.12. The van der Waals surface area contributed by atoms with Gasteiger partial charge < -0.3 is 9.47 Å². The second kappa shape index (κ2) is 8.38. The molecule has 0 radical (unpaired) electrons. The van der Waals surface area contributed by atoms with Gasteiger partial charge in [-0.25, -0.2) is 0 Å². The summed E-state index contributed by atoms with van der Waals surface area (Å²) < 4.78 is 11.9. The van der Waals surface area contributed by atoms with Crippen molar-refractivity contribution in [1.29, 1.82) is 0 Å². The second-order valence-electron chi connectivity index (χ2n) is 5.61. The van der Waals surface area contributed by atoms with E-state index in [1.54, 1.807) is 12.0 Å². The molecule has 26 heavy (non-hydrogen) atoms. The number of nitrogens with zero attached hydrogens (tertiary/aromatic N) is 1. The number of amides is 1. The van der Waals surface area contributed by atoms with Gasteiger partial charge in [-0.05, 0) is 36.3 Å². The molecule has 1 aliphatic heterocycles. The van der Waals surface area contributed by atoms with Crippen LogP contribution < -0.4 is 9.47 Å². The number of carbonyl (C=O) groups is 1. The highest BCUT2D eigenvalue weighted by Crippen LogP contribution is 2.34. The van der Waals surface area contributed by atoms with Crippen LogP contribution in [-0.2, 0) is 11.4 Å². The van der Waals surface area contributed by atoms with Crippen LogP contribution >= 0.6 is 24.0 Å². The number of rotatable bonds is 6. The van der Waals surface area contributed by atoms with E-state index in [0.717, 1.165) is 11.1 Å². The van der Waals surface area contributed by atoms with E-state index in [4.69, 9.17) is 21.7 Å². The van der Waals surface area contributed by atoms with Crippen LogP contribution in [0.3, 0.4) is 0 Å². The highest BCUT2D eigenvalue weighted by molar-refractivity contribution is 8.26. The van der Waals surface area contributed by atoms with Crippen LogP contribution in [0.5, 0.6) is 11.5 Å². The Balaban J connectivity index is 1.77. The molecule has 3 rings (SSSR count). The molecule has 2 aromatic rings. The van der Waals surface area contributed by atoms with E-state index in [0.29, 0.717) is 33.9 Å². The summed E-state index contributed by atoms with van der Waals surface area (Å²) in [7, 11) is 1.60. The SMILES string of the molecule is CCN1C(=O)/C(=C/c2ccc(OCc3ccccc3)c(OC)c2)SC1=S. The van der Waals surface area contributed by atoms with Crippen LogP contribution in [0.4, 0.5) is 0 Å². The van der Waals surface area contributed by atoms with Gasteiger partial charge in [0.1, 0.15) is 10.9 Å². The van der Waals surface area contributed by atoms with Gasteiger partial charge in [0.2, 0.25) is 0 Å². The molecule has 1 amide bonds. The molecular formula is C20H19NO3S2. The van der Waals surface area contributed by atoms with Crippen LogP contribution in [0, 0.1) is 0 Å². The van der Waals surface area contributed by atoms with Gasteiger partial charge in [0.05, 0.1) is 12.0 Å². The molecule has 0 aromatic heterocycles. The number of carbonyl (C=O) groups excluding carboxylic acids is 1. The van der Waals surface area contributed by atoms with Crippen molar-refractivity contribution in [3.05, 3.63) is 64.6 Å². The number of methoxy groups -OCH3 is 1. The predicted molar refractivity (Wildman–Crippen MR) is 109 cm³/mol. The van der Waals surface area contributed by atoms with E-state index < -0.39 is 0 Å². The first-order valence-electron chi connectivity index (χ1n) is 8.22. The summed E-state index contributed by atoms with van der Waals surface area (Å²) in [6.45, 7) is 2.96. The smallest absolute Gasteiger partial charge is 0.266 e. The molecule has 0 unspecified atom stereocenters. The molecule has 134 valence electrons. The molecule has 0 saturated carbocycles. The first-order chi connectivity index (χ1) is 12.6. The van der Waals surface area contributed by atoms with Gasteiger partial charge in [-0.15, -0.1) is 0 Å². The summed E-state index contributed by atoms with van der Waals surface area (Å²) in [6.07, 6.45) is 1.83. The lowest BCUT2D eigenvalue weighted by Crippen LogP contribution is -2.27. The summed E-state index contributed by atoms with van der Waals surface area (Å²) in [4.78, 5) is 14.5. The Morgan fingerprint density at radius 3 is 2.58 bits per heavy atom. The molecule has 0 aliphatic carbocycles. The summed E-state index contributed by atoms with van der Waals surface area (Å²) in [6, 6.07) is 15.6. The van der Waals surface area contributed by atoms with Gasteiger partial charge in [-0.1, -0.05) is 60.4 Å². The lowest BCUT2D eigenvalue weighted by molar-refractivity contribution is -0.121. The van der Waals surface area contributed by atoms with E-state index >= 15 is 0 Å². The highest BCUT2D eigenvalue weighted by Gasteiger charge is 2.30. The van der Waals surface area contributed by atoms with Crippen LogP contribution in [0.1, 0.15) is 18.1 Å². The van der Waals surface area contributed by atoms with E-state index in [9.17, 15) is 4.79 Å². The van der Waals surface area contributed by atoms with Gasteiger partial charge in [0, 0.05) is 6.54 Å². The molecule has 4 nitrogen and oxygen atoms in total. The first-order valence-corrected chi connectivity index (χ1v) is 9.45. The molecule has 0 N–H and O–H groups in total. The first kappa shape index (κ1) is 18.5. The standard InChI is InChI=1S/C20H19NO3S2/c1-3-21-19(22)18(26-20(21)25)12-15-9-10-16(17(11-15)23-2)24-13-14-7-5-4-6-8-14/h4-12H,3,13H2,1-2H3/b18-12-. The third-order valence-electron chi connectivity index (χ3n) is 3.91. The fourth-order valence-corrected chi connectivity index (χ4v) is 3.94. The third kappa shape index (κ3) is 4.08. The Bertz CT molecular complexity index is 849. The Morgan fingerprint density at radius 1 is 1.15 bits per heavy atom.